The summed E-state index contributed by atoms with van der Waals surface area (Å²) >= 11 is 0. The van der Waals surface area contributed by atoms with Gasteiger partial charge in [-0.3, -0.25) is 0 Å². The smallest absolute Gasteiger partial charge is 0.247 e. The summed E-state index contributed by atoms with van der Waals surface area (Å²) < 4.78 is 22.3. The van der Waals surface area contributed by atoms with Crippen molar-refractivity contribution in [1.82, 2.24) is 14.9 Å². The van der Waals surface area contributed by atoms with Crippen molar-refractivity contribution < 1.29 is 8.42 Å². The third-order valence-corrected chi connectivity index (χ3v) is 2.36. The fourth-order valence-corrected chi connectivity index (χ4v) is 1.50. The highest BCUT2D eigenvalue weighted by atomic mass is 32.2. The van der Waals surface area contributed by atoms with Crippen LogP contribution >= 0.6 is 0 Å². The van der Waals surface area contributed by atoms with Gasteiger partial charge in [0.1, 0.15) is 0 Å². The van der Waals surface area contributed by atoms with Gasteiger partial charge in [-0.2, -0.15) is 0 Å². The van der Waals surface area contributed by atoms with Crippen LogP contribution in [-0.2, 0) is 16.4 Å². The van der Waals surface area contributed by atoms with Crippen molar-refractivity contribution >= 4 is 9.84 Å². The Hall–Kier alpha value is -1.01. The molecule has 0 fully saturated rings. The van der Waals surface area contributed by atoms with E-state index in [-0.39, 0.29) is 5.16 Å². The Balaban J connectivity index is 3.02. The normalized spacial score (nSPS) is 12.0. The maximum Gasteiger partial charge on any atom is 0.247 e. The molecule has 0 aromatic carbocycles. The molecule has 6 heteroatoms. The molecule has 0 aliphatic rings. The van der Waals surface area contributed by atoms with Gasteiger partial charge < -0.3 is 4.90 Å². The van der Waals surface area contributed by atoms with Gasteiger partial charge in [-0.25, -0.2) is 18.4 Å². The van der Waals surface area contributed by atoms with E-state index in [0.29, 0.717) is 12.2 Å². The first-order valence-electron chi connectivity index (χ1n) is 4.06. The number of hydrogen-bond acceptors (Lipinski definition) is 5. The van der Waals surface area contributed by atoms with Crippen molar-refractivity contribution in [1.29, 1.82) is 0 Å². The Labute approximate surface area is 83.7 Å². The fraction of sp³-hybridized carbons (Fsp3) is 0.500. The number of hydrogen-bond donors (Lipinski definition) is 0. The molecule has 0 unspecified atom stereocenters. The van der Waals surface area contributed by atoms with Crippen molar-refractivity contribution in [3.63, 3.8) is 0 Å². The Bertz CT molecular complexity index is 414. The number of aromatic nitrogens is 2. The highest BCUT2D eigenvalue weighted by molar-refractivity contribution is 7.90. The first-order valence-corrected chi connectivity index (χ1v) is 5.95. The Morgan fingerprint density at radius 2 is 2.07 bits per heavy atom. The van der Waals surface area contributed by atoms with Crippen LogP contribution in [0.4, 0.5) is 0 Å². The first kappa shape index (κ1) is 11.1. The molecule has 0 aliphatic carbocycles. The van der Waals surface area contributed by atoms with Crippen LogP contribution in [-0.4, -0.2) is 43.6 Å². The van der Waals surface area contributed by atoms with Crippen LogP contribution in [0.2, 0.25) is 0 Å². The summed E-state index contributed by atoms with van der Waals surface area (Å²) in [5.41, 5.74) is 0.699. The van der Waals surface area contributed by atoms with Gasteiger partial charge in [0.25, 0.3) is 0 Å². The van der Waals surface area contributed by atoms with E-state index in [2.05, 4.69) is 9.97 Å². The van der Waals surface area contributed by atoms with Gasteiger partial charge in [0.05, 0.1) is 5.69 Å². The van der Waals surface area contributed by atoms with E-state index < -0.39 is 9.84 Å². The summed E-state index contributed by atoms with van der Waals surface area (Å²) in [4.78, 5) is 9.55. The Morgan fingerprint density at radius 3 is 2.57 bits per heavy atom. The van der Waals surface area contributed by atoms with Crippen LogP contribution in [0.3, 0.4) is 0 Å². The minimum absolute atomic E-state index is 0.114. The Morgan fingerprint density at radius 1 is 1.43 bits per heavy atom. The number of rotatable bonds is 3. The number of nitrogens with zero attached hydrogens (tertiary/aromatic N) is 3. The molecule has 0 spiro atoms. The molecule has 0 bridgehead atoms. The highest BCUT2D eigenvalue weighted by Crippen LogP contribution is 2.03. The average molecular weight is 215 g/mol. The lowest BCUT2D eigenvalue weighted by atomic mass is 10.4. The van der Waals surface area contributed by atoms with Crippen LogP contribution in [0, 0.1) is 0 Å². The number of sulfone groups is 1. The second kappa shape index (κ2) is 4.02. The molecule has 5 nitrogen and oxygen atoms in total. The third-order valence-electron chi connectivity index (χ3n) is 1.50. The summed E-state index contributed by atoms with van der Waals surface area (Å²) in [7, 11) is 0.480. The maximum absolute atomic E-state index is 11.1. The lowest BCUT2D eigenvalue weighted by Crippen LogP contribution is -2.14. The van der Waals surface area contributed by atoms with Gasteiger partial charge in [0.15, 0.2) is 0 Å². The minimum Gasteiger partial charge on any atom is -0.304 e. The molecule has 0 atom stereocenters. The van der Waals surface area contributed by atoms with Crippen molar-refractivity contribution in [2.75, 3.05) is 20.4 Å². The van der Waals surface area contributed by atoms with Crippen LogP contribution < -0.4 is 0 Å². The molecule has 1 rings (SSSR count). The molecule has 0 radical (unpaired) electrons. The van der Waals surface area contributed by atoms with E-state index in [4.69, 9.17) is 0 Å². The zero-order valence-electron chi connectivity index (χ0n) is 8.43. The summed E-state index contributed by atoms with van der Waals surface area (Å²) in [6, 6.07) is 1.70. The van der Waals surface area contributed by atoms with Crippen LogP contribution in [0.1, 0.15) is 5.69 Å². The SMILES string of the molecule is CN(C)Cc1ccnc(S(C)(=O)=O)n1. The van der Waals surface area contributed by atoms with Crippen LogP contribution in [0.15, 0.2) is 17.4 Å². The molecule has 0 amide bonds. The zero-order valence-corrected chi connectivity index (χ0v) is 9.24. The lowest BCUT2D eigenvalue weighted by Gasteiger charge is -2.08. The molecular formula is C8H13N3O2S. The second-order valence-corrected chi connectivity index (χ2v) is 5.25. The van der Waals surface area contributed by atoms with Crippen molar-refractivity contribution in [2.24, 2.45) is 0 Å². The summed E-state index contributed by atoms with van der Waals surface area (Å²) in [5.74, 6) is 0. The van der Waals surface area contributed by atoms with E-state index in [9.17, 15) is 8.42 Å². The molecule has 0 saturated heterocycles. The first-order chi connectivity index (χ1) is 6.39. The van der Waals surface area contributed by atoms with Gasteiger partial charge in [-0.1, -0.05) is 0 Å². The summed E-state index contributed by atoms with van der Waals surface area (Å²) in [6.45, 7) is 0.602. The topological polar surface area (TPSA) is 63.2 Å². The standard InChI is InChI=1S/C8H13N3O2S/c1-11(2)6-7-4-5-9-8(10-7)14(3,12)13/h4-5H,6H2,1-3H3. The van der Waals surface area contributed by atoms with Crippen LogP contribution in [0.5, 0.6) is 0 Å². The molecule has 14 heavy (non-hydrogen) atoms. The lowest BCUT2D eigenvalue weighted by molar-refractivity contribution is 0.394. The molecule has 0 aliphatic heterocycles. The summed E-state index contributed by atoms with van der Waals surface area (Å²) in [5, 5.41) is -0.114. The molecule has 0 saturated carbocycles. The van der Waals surface area contributed by atoms with Crippen molar-refractivity contribution in [3.8, 4) is 0 Å². The van der Waals surface area contributed by atoms with E-state index in [0.717, 1.165) is 6.26 Å². The largest absolute Gasteiger partial charge is 0.304 e. The molecule has 1 aromatic heterocycles. The second-order valence-electron chi connectivity index (χ2n) is 3.34. The van der Waals surface area contributed by atoms with E-state index >= 15 is 0 Å². The molecular weight excluding hydrogens is 202 g/mol. The van der Waals surface area contributed by atoms with E-state index in [1.165, 1.54) is 6.20 Å². The minimum atomic E-state index is -3.30. The molecule has 1 heterocycles. The van der Waals surface area contributed by atoms with Crippen LogP contribution in [0.25, 0.3) is 0 Å². The highest BCUT2D eigenvalue weighted by Gasteiger charge is 2.11. The predicted molar refractivity (Wildman–Crippen MR) is 52.5 cm³/mol. The zero-order chi connectivity index (χ0) is 10.8. The van der Waals surface area contributed by atoms with Crippen molar-refractivity contribution in [2.45, 2.75) is 11.7 Å². The fourth-order valence-electron chi connectivity index (χ4n) is 0.967. The van der Waals surface area contributed by atoms with E-state index in [1.807, 2.05) is 19.0 Å². The molecule has 78 valence electrons. The van der Waals surface area contributed by atoms with Crippen molar-refractivity contribution in [3.05, 3.63) is 18.0 Å². The summed E-state index contributed by atoms with van der Waals surface area (Å²) in [6.07, 6.45) is 2.56. The van der Waals surface area contributed by atoms with Gasteiger partial charge >= 0.3 is 0 Å². The maximum atomic E-state index is 11.1. The van der Waals surface area contributed by atoms with Gasteiger partial charge in [0, 0.05) is 19.0 Å². The van der Waals surface area contributed by atoms with Gasteiger partial charge in [-0.15, -0.1) is 0 Å². The monoisotopic (exact) mass is 215 g/mol. The third kappa shape index (κ3) is 3.04. The van der Waals surface area contributed by atoms with E-state index in [1.54, 1.807) is 6.07 Å². The van der Waals surface area contributed by atoms with Gasteiger partial charge in [-0.05, 0) is 20.2 Å². The average Bonchev–Trinajstić information content (AvgIpc) is 2.01. The predicted octanol–water partition coefficient (Wildman–Crippen LogP) is -0.0583. The quantitative estimate of drug-likeness (QED) is 0.661. The Kier molecular flexibility index (Phi) is 3.17. The molecule has 1 aromatic rings. The van der Waals surface area contributed by atoms with Gasteiger partial charge in [0.2, 0.25) is 15.0 Å². The molecule has 0 N–H and O–H groups in total.